The van der Waals surface area contributed by atoms with Crippen molar-refractivity contribution in [3.8, 4) is 0 Å². The van der Waals surface area contributed by atoms with Crippen LogP contribution < -0.4 is 5.32 Å². The number of rotatable bonds is 9. The molecule has 1 aliphatic heterocycles. The van der Waals surface area contributed by atoms with Gasteiger partial charge in [-0.05, 0) is 77.7 Å². The summed E-state index contributed by atoms with van der Waals surface area (Å²) in [6.07, 6.45) is 5.80. The number of fused-ring (bicyclic) bond motifs is 1. The van der Waals surface area contributed by atoms with Gasteiger partial charge in [-0.2, -0.15) is 0 Å². The van der Waals surface area contributed by atoms with Crippen LogP contribution in [0.15, 0.2) is 30.3 Å². The summed E-state index contributed by atoms with van der Waals surface area (Å²) in [6, 6.07) is 8.91. The number of carbonyl (C=O) groups is 3. The molecule has 1 amide bonds. The van der Waals surface area contributed by atoms with Gasteiger partial charge >= 0.3 is 11.9 Å². The molecular formula is C27H40N2O5. The predicted molar refractivity (Wildman–Crippen MR) is 130 cm³/mol. The Bertz CT molecular complexity index is 835. The lowest BCUT2D eigenvalue weighted by molar-refractivity contribution is -0.160. The van der Waals surface area contributed by atoms with Crippen molar-refractivity contribution < 1.29 is 23.9 Å². The molecule has 7 heteroatoms. The Morgan fingerprint density at radius 2 is 1.85 bits per heavy atom. The second-order valence-electron chi connectivity index (χ2n) is 10.4. The summed E-state index contributed by atoms with van der Waals surface area (Å²) in [4.78, 5) is 40.8. The number of hydrogen-bond acceptors (Lipinski definition) is 6. The summed E-state index contributed by atoms with van der Waals surface area (Å²) < 4.78 is 10.8. The SMILES string of the molecule is CCOC(=O)[C@H](CCc1ccccc1)N[C@H]1CC[C@@H]2CCC[C@H]2N(CC(=O)OC(C)(C)C)C1=O. The van der Waals surface area contributed by atoms with Crippen molar-refractivity contribution in [2.45, 2.75) is 96.4 Å². The minimum Gasteiger partial charge on any atom is -0.465 e. The first-order valence-electron chi connectivity index (χ1n) is 12.7. The van der Waals surface area contributed by atoms with E-state index in [1.165, 1.54) is 0 Å². The van der Waals surface area contributed by atoms with E-state index in [1.54, 1.807) is 11.8 Å². The van der Waals surface area contributed by atoms with Gasteiger partial charge in [0.2, 0.25) is 5.91 Å². The Morgan fingerprint density at radius 1 is 1.12 bits per heavy atom. The van der Waals surface area contributed by atoms with Gasteiger partial charge in [0, 0.05) is 6.04 Å². The average Bonchev–Trinajstić information content (AvgIpc) is 3.20. The van der Waals surface area contributed by atoms with E-state index in [1.807, 2.05) is 51.1 Å². The number of amides is 1. The van der Waals surface area contributed by atoms with Crippen molar-refractivity contribution in [3.63, 3.8) is 0 Å². The lowest BCUT2D eigenvalue weighted by Gasteiger charge is -2.33. The van der Waals surface area contributed by atoms with E-state index in [0.717, 1.165) is 31.2 Å². The maximum Gasteiger partial charge on any atom is 0.326 e. The summed E-state index contributed by atoms with van der Waals surface area (Å²) in [5.41, 5.74) is 0.525. The molecule has 1 saturated heterocycles. The van der Waals surface area contributed by atoms with Crippen LogP contribution in [0.4, 0.5) is 0 Å². The predicted octanol–water partition coefficient (Wildman–Crippen LogP) is 3.64. The minimum atomic E-state index is -0.606. The molecule has 7 nitrogen and oxygen atoms in total. The number of benzene rings is 1. The number of esters is 2. The number of nitrogens with zero attached hydrogens (tertiary/aromatic N) is 1. The first-order chi connectivity index (χ1) is 16.2. The van der Waals surface area contributed by atoms with Crippen molar-refractivity contribution in [1.82, 2.24) is 10.2 Å². The molecular weight excluding hydrogens is 432 g/mol. The smallest absolute Gasteiger partial charge is 0.326 e. The molecule has 0 radical (unpaired) electrons. The molecule has 2 aliphatic rings. The zero-order valence-corrected chi connectivity index (χ0v) is 21.0. The highest BCUT2D eigenvalue weighted by molar-refractivity contribution is 5.87. The van der Waals surface area contributed by atoms with Crippen molar-refractivity contribution in [3.05, 3.63) is 35.9 Å². The van der Waals surface area contributed by atoms with E-state index in [9.17, 15) is 14.4 Å². The topological polar surface area (TPSA) is 84.9 Å². The van der Waals surface area contributed by atoms with Gasteiger partial charge in [0.1, 0.15) is 18.2 Å². The third-order valence-electron chi connectivity index (χ3n) is 6.68. The zero-order valence-electron chi connectivity index (χ0n) is 21.0. The van der Waals surface area contributed by atoms with Gasteiger partial charge in [-0.1, -0.05) is 36.8 Å². The van der Waals surface area contributed by atoms with Crippen LogP contribution in [0.5, 0.6) is 0 Å². The molecule has 3 rings (SSSR count). The van der Waals surface area contributed by atoms with Crippen LogP contribution in [0.25, 0.3) is 0 Å². The van der Waals surface area contributed by atoms with Gasteiger partial charge in [-0.15, -0.1) is 0 Å². The second-order valence-corrected chi connectivity index (χ2v) is 10.4. The molecule has 0 bridgehead atoms. The van der Waals surface area contributed by atoms with Crippen molar-refractivity contribution in [1.29, 1.82) is 0 Å². The Balaban J connectivity index is 1.74. The molecule has 188 valence electrons. The molecule has 1 saturated carbocycles. The number of nitrogens with one attached hydrogen (secondary N) is 1. The summed E-state index contributed by atoms with van der Waals surface area (Å²) in [5.74, 6) is -0.467. The Labute approximate surface area is 203 Å². The molecule has 0 aromatic heterocycles. The van der Waals surface area contributed by atoms with Gasteiger partial charge in [0.15, 0.2) is 0 Å². The molecule has 4 atom stereocenters. The van der Waals surface area contributed by atoms with E-state index < -0.39 is 23.7 Å². The van der Waals surface area contributed by atoms with Crippen LogP contribution in [-0.4, -0.2) is 59.6 Å². The van der Waals surface area contributed by atoms with Gasteiger partial charge in [-0.25, -0.2) is 0 Å². The van der Waals surface area contributed by atoms with E-state index >= 15 is 0 Å². The van der Waals surface area contributed by atoms with Gasteiger partial charge in [0.05, 0.1) is 12.6 Å². The van der Waals surface area contributed by atoms with Gasteiger partial charge in [-0.3, -0.25) is 19.7 Å². The van der Waals surface area contributed by atoms with Crippen LogP contribution in [0.1, 0.15) is 71.8 Å². The van der Waals surface area contributed by atoms with Gasteiger partial charge in [0.25, 0.3) is 0 Å². The van der Waals surface area contributed by atoms with E-state index in [2.05, 4.69) is 5.32 Å². The maximum absolute atomic E-state index is 13.7. The van der Waals surface area contributed by atoms with Crippen LogP contribution in [0.2, 0.25) is 0 Å². The Kier molecular flexibility index (Phi) is 9.11. The highest BCUT2D eigenvalue weighted by Gasteiger charge is 2.42. The molecule has 0 unspecified atom stereocenters. The lowest BCUT2D eigenvalue weighted by Crippen LogP contribution is -2.54. The lowest BCUT2D eigenvalue weighted by atomic mass is 9.97. The van der Waals surface area contributed by atoms with E-state index in [0.29, 0.717) is 25.2 Å². The summed E-state index contributed by atoms with van der Waals surface area (Å²) in [6.45, 7) is 7.50. The first-order valence-corrected chi connectivity index (χ1v) is 12.7. The summed E-state index contributed by atoms with van der Waals surface area (Å²) in [5, 5.41) is 3.32. The van der Waals surface area contributed by atoms with Crippen LogP contribution in [0, 0.1) is 5.92 Å². The number of carbonyl (C=O) groups excluding carboxylic acids is 3. The molecule has 2 fully saturated rings. The van der Waals surface area contributed by atoms with E-state index in [-0.39, 0.29) is 31.1 Å². The van der Waals surface area contributed by atoms with Crippen molar-refractivity contribution in [2.75, 3.05) is 13.2 Å². The summed E-state index contributed by atoms with van der Waals surface area (Å²) in [7, 11) is 0. The zero-order chi connectivity index (χ0) is 24.7. The molecule has 1 heterocycles. The molecule has 1 N–H and O–H groups in total. The Hall–Kier alpha value is -2.41. The van der Waals surface area contributed by atoms with Gasteiger partial charge < -0.3 is 14.4 Å². The first kappa shape index (κ1) is 26.2. The van der Waals surface area contributed by atoms with Crippen molar-refractivity contribution in [2.24, 2.45) is 5.92 Å². The quantitative estimate of drug-likeness (QED) is 0.553. The standard InChI is InChI=1S/C27H40N2O5/c1-5-33-26(32)22(16-14-19-10-7-6-8-11-19)28-21-17-15-20-12-9-13-23(20)29(25(21)31)18-24(30)34-27(2,3)4/h6-8,10-11,20-23,28H,5,9,12-18H2,1-4H3/t20-,21-,22-,23+/m0/s1. The fourth-order valence-corrected chi connectivity index (χ4v) is 5.21. The number of hydrogen-bond donors (Lipinski definition) is 1. The highest BCUT2D eigenvalue weighted by Crippen LogP contribution is 2.36. The van der Waals surface area contributed by atoms with Crippen LogP contribution >= 0.6 is 0 Å². The third-order valence-corrected chi connectivity index (χ3v) is 6.68. The fraction of sp³-hybridized carbons (Fsp3) is 0.667. The molecule has 34 heavy (non-hydrogen) atoms. The average molecular weight is 473 g/mol. The monoisotopic (exact) mass is 472 g/mol. The maximum atomic E-state index is 13.7. The summed E-state index contributed by atoms with van der Waals surface area (Å²) >= 11 is 0. The molecule has 1 aromatic rings. The molecule has 1 aromatic carbocycles. The normalized spacial score (nSPS) is 23.7. The second kappa shape index (κ2) is 11.8. The highest BCUT2D eigenvalue weighted by atomic mass is 16.6. The third kappa shape index (κ3) is 7.29. The fourth-order valence-electron chi connectivity index (χ4n) is 5.21. The molecule has 1 aliphatic carbocycles. The number of aryl methyl sites for hydroxylation is 1. The Morgan fingerprint density at radius 3 is 2.53 bits per heavy atom. The number of likely N-dealkylation sites (tertiary alicyclic amines) is 1. The number of ether oxygens (including phenoxy) is 2. The van der Waals surface area contributed by atoms with E-state index in [4.69, 9.17) is 9.47 Å². The molecule has 0 spiro atoms. The van der Waals surface area contributed by atoms with Crippen molar-refractivity contribution >= 4 is 17.8 Å². The van der Waals surface area contributed by atoms with Crippen LogP contribution in [-0.2, 0) is 30.3 Å². The van der Waals surface area contributed by atoms with Crippen LogP contribution in [0.3, 0.4) is 0 Å². The minimum absolute atomic E-state index is 0.0520. The largest absolute Gasteiger partial charge is 0.465 e.